The maximum atomic E-state index is 9.07. The van der Waals surface area contributed by atoms with Crippen molar-refractivity contribution in [2.24, 2.45) is 5.92 Å². The highest BCUT2D eigenvalue weighted by Gasteiger charge is 2.16. The van der Waals surface area contributed by atoms with E-state index in [4.69, 9.17) is 5.11 Å². The summed E-state index contributed by atoms with van der Waals surface area (Å²) >= 11 is 3.54. The molecule has 0 saturated carbocycles. The van der Waals surface area contributed by atoms with E-state index < -0.39 is 0 Å². The fourth-order valence-corrected chi connectivity index (χ4v) is 3.35. The van der Waals surface area contributed by atoms with Crippen LogP contribution in [-0.4, -0.2) is 18.3 Å². The van der Waals surface area contributed by atoms with Gasteiger partial charge in [0.15, 0.2) is 0 Å². The zero-order chi connectivity index (χ0) is 12.1. The van der Waals surface area contributed by atoms with E-state index in [9.17, 15) is 0 Å². The number of nitrogens with one attached hydrogen (secondary N) is 1. The summed E-state index contributed by atoms with van der Waals surface area (Å²) in [6, 6.07) is 8.75. The standard InChI is InChI=1S/C13H17NOS2/c1-10(9-15)8-14-13(11-4-2-6-16-11)12-5-3-7-17-12/h2-7,10,13-15H,8-9H2,1H3. The van der Waals surface area contributed by atoms with E-state index in [1.54, 1.807) is 22.7 Å². The minimum absolute atomic E-state index is 0.231. The number of aliphatic hydroxyl groups is 1. The van der Waals surface area contributed by atoms with E-state index in [2.05, 4.69) is 40.3 Å². The van der Waals surface area contributed by atoms with Crippen LogP contribution in [0, 0.1) is 5.92 Å². The molecular formula is C13H17NOS2. The Hall–Kier alpha value is -0.680. The SMILES string of the molecule is CC(CO)CNC(c1cccs1)c1cccs1. The van der Waals surface area contributed by atoms with Gasteiger partial charge in [0.25, 0.3) is 0 Å². The van der Waals surface area contributed by atoms with Crippen LogP contribution in [0.1, 0.15) is 22.7 Å². The molecule has 1 unspecified atom stereocenters. The lowest BCUT2D eigenvalue weighted by atomic mass is 10.1. The molecule has 0 fully saturated rings. The van der Waals surface area contributed by atoms with E-state index in [0.717, 1.165) is 6.54 Å². The molecule has 92 valence electrons. The minimum atomic E-state index is 0.231. The van der Waals surface area contributed by atoms with Crippen molar-refractivity contribution in [3.8, 4) is 0 Å². The van der Waals surface area contributed by atoms with Crippen LogP contribution < -0.4 is 5.32 Å². The van der Waals surface area contributed by atoms with Crippen molar-refractivity contribution in [1.29, 1.82) is 0 Å². The van der Waals surface area contributed by atoms with Gasteiger partial charge < -0.3 is 10.4 Å². The van der Waals surface area contributed by atoms with E-state index in [0.29, 0.717) is 0 Å². The van der Waals surface area contributed by atoms with Crippen molar-refractivity contribution in [3.05, 3.63) is 44.8 Å². The van der Waals surface area contributed by atoms with Gasteiger partial charge in [0.1, 0.15) is 0 Å². The van der Waals surface area contributed by atoms with Crippen LogP contribution in [0.25, 0.3) is 0 Å². The van der Waals surface area contributed by atoms with Crippen LogP contribution in [0.4, 0.5) is 0 Å². The quantitative estimate of drug-likeness (QED) is 0.843. The smallest absolute Gasteiger partial charge is 0.0764 e. The maximum absolute atomic E-state index is 9.07. The monoisotopic (exact) mass is 267 g/mol. The Labute approximate surface area is 110 Å². The van der Waals surface area contributed by atoms with Gasteiger partial charge in [-0.1, -0.05) is 19.1 Å². The van der Waals surface area contributed by atoms with E-state index >= 15 is 0 Å². The van der Waals surface area contributed by atoms with Crippen molar-refractivity contribution in [2.45, 2.75) is 13.0 Å². The molecule has 4 heteroatoms. The molecule has 2 N–H and O–H groups in total. The van der Waals surface area contributed by atoms with Crippen molar-refractivity contribution < 1.29 is 5.11 Å². The van der Waals surface area contributed by atoms with Crippen molar-refractivity contribution in [1.82, 2.24) is 5.32 Å². The lowest BCUT2D eigenvalue weighted by molar-refractivity contribution is 0.232. The van der Waals surface area contributed by atoms with Gasteiger partial charge in [0.05, 0.1) is 6.04 Å². The van der Waals surface area contributed by atoms with Crippen LogP contribution in [0.5, 0.6) is 0 Å². The minimum Gasteiger partial charge on any atom is -0.396 e. The van der Waals surface area contributed by atoms with E-state index in [1.807, 2.05) is 6.92 Å². The number of hydrogen-bond acceptors (Lipinski definition) is 4. The number of aliphatic hydroxyl groups excluding tert-OH is 1. The molecule has 0 aromatic carbocycles. The molecule has 0 amide bonds. The fourth-order valence-electron chi connectivity index (χ4n) is 1.64. The van der Waals surface area contributed by atoms with Gasteiger partial charge >= 0.3 is 0 Å². The van der Waals surface area contributed by atoms with Crippen LogP contribution in [0.15, 0.2) is 35.0 Å². The van der Waals surface area contributed by atoms with Gasteiger partial charge in [-0.25, -0.2) is 0 Å². The predicted molar refractivity (Wildman–Crippen MR) is 74.7 cm³/mol. The topological polar surface area (TPSA) is 32.3 Å². The molecular weight excluding hydrogens is 250 g/mol. The average Bonchev–Trinajstić information content (AvgIpc) is 3.01. The Morgan fingerprint density at radius 1 is 1.18 bits per heavy atom. The van der Waals surface area contributed by atoms with Gasteiger partial charge in [-0.2, -0.15) is 0 Å². The van der Waals surface area contributed by atoms with Gasteiger partial charge in [-0.15, -0.1) is 22.7 Å². The normalized spacial score (nSPS) is 13.1. The van der Waals surface area contributed by atoms with Crippen LogP contribution in [0.2, 0.25) is 0 Å². The lowest BCUT2D eigenvalue weighted by Crippen LogP contribution is -2.27. The second kappa shape index (κ2) is 6.31. The van der Waals surface area contributed by atoms with Gasteiger partial charge in [-0.3, -0.25) is 0 Å². The predicted octanol–water partition coefficient (Wildman–Crippen LogP) is 3.12. The Kier molecular flexibility index (Phi) is 4.74. The summed E-state index contributed by atoms with van der Waals surface area (Å²) in [5.41, 5.74) is 0. The Bertz CT molecular complexity index is 376. The Morgan fingerprint density at radius 3 is 2.18 bits per heavy atom. The van der Waals surface area contributed by atoms with E-state index in [-0.39, 0.29) is 18.6 Å². The zero-order valence-electron chi connectivity index (χ0n) is 9.80. The van der Waals surface area contributed by atoms with Crippen LogP contribution in [0.3, 0.4) is 0 Å². The third kappa shape index (κ3) is 3.39. The summed E-state index contributed by atoms with van der Waals surface area (Å²) in [5, 5.41) is 16.8. The van der Waals surface area contributed by atoms with Gasteiger partial charge in [0.2, 0.25) is 0 Å². The van der Waals surface area contributed by atoms with E-state index in [1.165, 1.54) is 9.75 Å². The molecule has 2 rings (SSSR count). The Morgan fingerprint density at radius 2 is 1.76 bits per heavy atom. The first kappa shape index (κ1) is 12.8. The molecule has 17 heavy (non-hydrogen) atoms. The van der Waals surface area contributed by atoms with Gasteiger partial charge in [-0.05, 0) is 28.8 Å². The van der Waals surface area contributed by atoms with Crippen LogP contribution >= 0.6 is 22.7 Å². The molecule has 1 atom stereocenters. The third-order valence-corrected chi connectivity index (χ3v) is 4.51. The molecule has 0 aliphatic carbocycles. The third-order valence-electron chi connectivity index (χ3n) is 2.64. The molecule has 0 aliphatic heterocycles. The largest absolute Gasteiger partial charge is 0.396 e. The maximum Gasteiger partial charge on any atom is 0.0764 e. The van der Waals surface area contributed by atoms with Gasteiger partial charge in [0, 0.05) is 22.9 Å². The summed E-state index contributed by atoms with van der Waals surface area (Å²) in [6.45, 7) is 3.11. The number of thiophene rings is 2. The Balaban J connectivity index is 2.09. The molecule has 2 aromatic rings. The van der Waals surface area contributed by atoms with Crippen LogP contribution in [-0.2, 0) is 0 Å². The summed E-state index contributed by atoms with van der Waals surface area (Å²) in [7, 11) is 0. The highest BCUT2D eigenvalue weighted by Crippen LogP contribution is 2.29. The number of hydrogen-bond donors (Lipinski definition) is 2. The summed E-state index contributed by atoms with van der Waals surface area (Å²) in [6.07, 6.45) is 0. The van der Waals surface area contributed by atoms with Crippen molar-refractivity contribution >= 4 is 22.7 Å². The summed E-state index contributed by atoms with van der Waals surface area (Å²) < 4.78 is 0. The second-order valence-corrected chi connectivity index (χ2v) is 6.12. The zero-order valence-corrected chi connectivity index (χ0v) is 11.4. The van der Waals surface area contributed by atoms with Crippen molar-refractivity contribution in [2.75, 3.05) is 13.2 Å². The molecule has 2 aromatic heterocycles. The molecule has 0 saturated heterocycles. The molecule has 0 bridgehead atoms. The molecule has 0 spiro atoms. The molecule has 0 aliphatic rings. The lowest BCUT2D eigenvalue weighted by Gasteiger charge is -2.18. The first-order valence-corrected chi connectivity index (χ1v) is 7.48. The highest BCUT2D eigenvalue weighted by molar-refractivity contribution is 7.11. The highest BCUT2D eigenvalue weighted by atomic mass is 32.1. The first-order chi connectivity index (χ1) is 8.31. The van der Waals surface area contributed by atoms with Crippen molar-refractivity contribution in [3.63, 3.8) is 0 Å². The summed E-state index contributed by atoms with van der Waals surface area (Å²) in [5.74, 6) is 0.289. The first-order valence-electron chi connectivity index (χ1n) is 5.72. The number of rotatable bonds is 6. The fraction of sp³-hybridized carbons (Fsp3) is 0.385. The average molecular weight is 267 g/mol. The molecule has 0 radical (unpaired) electrons. The summed E-state index contributed by atoms with van der Waals surface area (Å²) in [4.78, 5) is 2.66. The molecule has 2 heterocycles. The second-order valence-electron chi connectivity index (χ2n) is 4.16. The molecule has 2 nitrogen and oxygen atoms in total.